The summed E-state index contributed by atoms with van der Waals surface area (Å²) in [6.07, 6.45) is 5.43. The molecule has 1 aromatic carbocycles. The quantitative estimate of drug-likeness (QED) is 0.842. The van der Waals surface area contributed by atoms with Crippen molar-refractivity contribution in [1.82, 2.24) is 9.97 Å². The fourth-order valence-corrected chi connectivity index (χ4v) is 2.65. The number of carbonyl (C=O) groups excluding carboxylic acids is 2. The highest BCUT2D eigenvalue weighted by Gasteiger charge is 2.15. The van der Waals surface area contributed by atoms with Crippen LogP contribution in [0.25, 0.3) is 0 Å². The molecule has 2 aromatic rings. The van der Waals surface area contributed by atoms with Crippen molar-refractivity contribution in [3.05, 3.63) is 47.9 Å². The lowest BCUT2D eigenvalue weighted by Gasteiger charge is -2.15. The number of rotatable bonds is 5. The van der Waals surface area contributed by atoms with Crippen LogP contribution in [0.15, 0.2) is 36.7 Å². The van der Waals surface area contributed by atoms with Gasteiger partial charge >= 0.3 is 5.97 Å². The van der Waals surface area contributed by atoms with Crippen molar-refractivity contribution in [2.24, 2.45) is 0 Å². The van der Waals surface area contributed by atoms with Crippen LogP contribution in [0.2, 0.25) is 0 Å². The molecule has 0 unspecified atom stereocenters. The van der Waals surface area contributed by atoms with Gasteiger partial charge in [0.25, 0.3) is 5.91 Å². The van der Waals surface area contributed by atoms with E-state index in [0.717, 1.165) is 31.7 Å². The Morgan fingerprint density at radius 1 is 1.12 bits per heavy atom. The van der Waals surface area contributed by atoms with Gasteiger partial charge in [0, 0.05) is 18.8 Å². The molecule has 0 bridgehead atoms. The van der Waals surface area contributed by atoms with E-state index in [1.807, 2.05) is 0 Å². The molecule has 1 fully saturated rings. The number of ether oxygens (including phenoxy) is 1. The van der Waals surface area contributed by atoms with E-state index in [-0.39, 0.29) is 17.6 Å². The lowest BCUT2D eigenvalue weighted by atomic mass is 10.2. The van der Waals surface area contributed by atoms with Gasteiger partial charge in [-0.2, -0.15) is 0 Å². The van der Waals surface area contributed by atoms with Gasteiger partial charge in [0.15, 0.2) is 0 Å². The second-order valence-corrected chi connectivity index (χ2v) is 5.71. The zero-order valence-corrected chi connectivity index (χ0v) is 14.1. The van der Waals surface area contributed by atoms with E-state index in [2.05, 4.69) is 20.2 Å². The molecule has 1 aliphatic rings. The third kappa shape index (κ3) is 4.12. The first-order valence-corrected chi connectivity index (χ1v) is 8.33. The molecule has 25 heavy (non-hydrogen) atoms. The van der Waals surface area contributed by atoms with Crippen LogP contribution in [0.1, 0.15) is 40.6 Å². The van der Waals surface area contributed by atoms with Crippen molar-refractivity contribution >= 4 is 23.4 Å². The third-order valence-electron chi connectivity index (χ3n) is 3.95. The second-order valence-electron chi connectivity index (χ2n) is 5.71. The number of nitrogens with zero attached hydrogens (tertiary/aromatic N) is 3. The van der Waals surface area contributed by atoms with E-state index in [1.54, 1.807) is 37.4 Å². The second kappa shape index (κ2) is 7.74. The predicted molar refractivity (Wildman–Crippen MR) is 93.8 cm³/mol. The first-order chi connectivity index (χ1) is 12.2. The van der Waals surface area contributed by atoms with Crippen molar-refractivity contribution in [3.8, 4) is 0 Å². The summed E-state index contributed by atoms with van der Waals surface area (Å²) in [5, 5.41) is 2.74. The van der Waals surface area contributed by atoms with Gasteiger partial charge in [0.2, 0.25) is 0 Å². The van der Waals surface area contributed by atoms with Crippen molar-refractivity contribution in [2.45, 2.75) is 19.8 Å². The van der Waals surface area contributed by atoms with Crippen LogP contribution in [-0.4, -0.2) is 41.5 Å². The lowest BCUT2D eigenvalue weighted by molar-refractivity contribution is 0.0526. The SMILES string of the molecule is CCOC(=O)c1ccc(NC(=O)c2cnc(N3CCCC3)cn2)cc1. The fraction of sp³-hybridized carbons (Fsp3) is 0.333. The molecule has 3 rings (SSSR count). The third-order valence-corrected chi connectivity index (χ3v) is 3.95. The van der Waals surface area contributed by atoms with Gasteiger partial charge in [-0.3, -0.25) is 4.79 Å². The maximum atomic E-state index is 12.2. The molecule has 0 aliphatic carbocycles. The van der Waals surface area contributed by atoms with E-state index in [4.69, 9.17) is 4.74 Å². The van der Waals surface area contributed by atoms with Gasteiger partial charge in [-0.15, -0.1) is 0 Å². The highest BCUT2D eigenvalue weighted by molar-refractivity contribution is 6.03. The molecular formula is C18H20N4O3. The normalized spacial score (nSPS) is 13.6. The summed E-state index contributed by atoms with van der Waals surface area (Å²) in [5.41, 5.74) is 1.26. The van der Waals surface area contributed by atoms with E-state index in [1.165, 1.54) is 6.20 Å². The zero-order chi connectivity index (χ0) is 17.6. The predicted octanol–water partition coefficient (Wildman–Crippen LogP) is 2.51. The van der Waals surface area contributed by atoms with Crippen LogP contribution >= 0.6 is 0 Å². The van der Waals surface area contributed by atoms with Crippen molar-refractivity contribution in [3.63, 3.8) is 0 Å². The molecule has 1 amide bonds. The van der Waals surface area contributed by atoms with Gasteiger partial charge < -0.3 is 15.0 Å². The molecule has 1 aliphatic heterocycles. The minimum absolute atomic E-state index is 0.248. The van der Waals surface area contributed by atoms with Crippen molar-refractivity contribution in [1.29, 1.82) is 0 Å². The van der Waals surface area contributed by atoms with Crippen LogP contribution in [-0.2, 0) is 4.74 Å². The minimum Gasteiger partial charge on any atom is -0.462 e. The Kier molecular flexibility index (Phi) is 5.23. The number of hydrogen-bond acceptors (Lipinski definition) is 6. The summed E-state index contributed by atoms with van der Waals surface area (Å²) < 4.78 is 4.92. The first kappa shape index (κ1) is 16.9. The van der Waals surface area contributed by atoms with Crippen LogP contribution in [0, 0.1) is 0 Å². The summed E-state index contributed by atoms with van der Waals surface area (Å²) in [7, 11) is 0. The van der Waals surface area contributed by atoms with E-state index < -0.39 is 0 Å². The summed E-state index contributed by atoms with van der Waals surface area (Å²) in [5.74, 6) is 0.0703. The average Bonchev–Trinajstić information content (AvgIpc) is 3.17. The number of anilines is 2. The smallest absolute Gasteiger partial charge is 0.338 e. The Bertz CT molecular complexity index is 738. The Balaban J connectivity index is 1.62. The standard InChI is InChI=1S/C18H20N4O3/c1-2-25-18(24)13-5-7-14(8-6-13)21-17(23)15-11-20-16(12-19-15)22-9-3-4-10-22/h5-8,11-12H,2-4,9-10H2,1H3,(H,21,23). The molecule has 0 radical (unpaired) electrons. The van der Waals surface area contributed by atoms with Crippen LogP contribution in [0.4, 0.5) is 11.5 Å². The summed E-state index contributed by atoms with van der Waals surface area (Å²) >= 11 is 0. The summed E-state index contributed by atoms with van der Waals surface area (Å²) in [4.78, 5) is 34.5. The van der Waals surface area contributed by atoms with Gasteiger partial charge in [0.1, 0.15) is 11.5 Å². The zero-order valence-electron chi connectivity index (χ0n) is 14.1. The molecule has 1 saturated heterocycles. The maximum absolute atomic E-state index is 12.2. The Morgan fingerprint density at radius 3 is 2.44 bits per heavy atom. The largest absolute Gasteiger partial charge is 0.462 e. The highest BCUT2D eigenvalue weighted by atomic mass is 16.5. The van der Waals surface area contributed by atoms with Gasteiger partial charge in [-0.05, 0) is 44.0 Å². The molecule has 7 nitrogen and oxygen atoms in total. The van der Waals surface area contributed by atoms with Gasteiger partial charge in [-0.25, -0.2) is 14.8 Å². The topological polar surface area (TPSA) is 84.4 Å². The number of aromatic nitrogens is 2. The summed E-state index contributed by atoms with van der Waals surface area (Å²) in [6.45, 7) is 4.03. The van der Waals surface area contributed by atoms with Crippen molar-refractivity contribution < 1.29 is 14.3 Å². The molecule has 130 valence electrons. The number of carbonyl (C=O) groups is 2. The molecule has 7 heteroatoms. The van der Waals surface area contributed by atoms with Gasteiger partial charge in [0.05, 0.1) is 24.6 Å². The first-order valence-electron chi connectivity index (χ1n) is 8.33. The molecular weight excluding hydrogens is 320 g/mol. The average molecular weight is 340 g/mol. The van der Waals surface area contributed by atoms with E-state index in [0.29, 0.717) is 17.9 Å². The van der Waals surface area contributed by atoms with E-state index in [9.17, 15) is 9.59 Å². The van der Waals surface area contributed by atoms with Gasteiger partial charge in [-0.1, -0.05) is 0 Å². The molecule has 1 aromatic heterocycles. The fourth-order valence-electron chi connectivity index (χ4n) is 2.65. The Hall–Kier alpha value is -2.96. The molecule has 0 spiro atoms. The van der Waals surface area contributed by atoms with Crippen LogP contribution in [0.5, 0.6) is 0 Å². The maximum Gasteiger partial charge on any atom is 0.338 e. The Labute approximate surface area is 146 Å². The minimum atomic E-state index is -0.385. The molecule has 0 atom stereocenters. The number of hydrogen-bond donors (Lipinski definition) is 1. The molecule has 2 heterocycles. The number of benzene rings is 1. The highest BCUT2D eigenvalue weighted by Crippen LogP contribution is 2.17. The van der Waals surface area contributed by atoms with Crippen molar-refractivity contribution in [2.75, 3.05) is 29.9 Å². The lowest BCUT2D eigenvalue weighted by Crippen LogP contribution is -2.20. The van der Waals surface area contributed by atoms with E-state index >= 15 is 0 Å². The van der Waals surface area contributed by atoms with Crippen LogP contribution < -0.4 is 10.2 Å². The number of amides is 1. The summed E-state index contributed by atoms with van der Waals surface area (Å²) in [6, 6.07) is 6.51. The molecule has 1 N–H and O–H groups in total. The molecule has 0 saturated carbocycles. The van der Waals surface area contributed by atoms with Crippen LogP contribution in [0.3, 0.4) is 0 Å². The monoisotopic (exact) mass is 340 g/mol. The number of nitrogens with one attached hydrogen (secondary N) is 1. The Morgan fingerprint density at radius 2 is 1.84 bits per heavy atom. The number of esters is 1.